The van der Waals surface area contributed by atoms with Crippen LogP contribution in [0.25, 0.3) is 0 Å². The summed E-state index contributed by atoms with van der Waals surface area (Å²) in [5, 5.41) is 6.94. The molecule has 0 radical (unpaired) electrons. The summed E-state index contributed by atoms with van der Waals surface area (Å²) in [4.78, 5) is 21.6. The fraction of sp³-hybridized carbons (Fsp3) is 0.905. The molecule has 2 saturated heterocycles. The number of rotatable bonds is 6. The van der Waals surface area contributed by atoms with Crippen LogP contribution in [0.2, 0.25) is 0 Å². The molecule has 3 aliphatic rings. The van der Waals surface area contributed by atoms with Gasteiger partial charge in [0.25, 0.3) is 0 Å². The molecule has 7 heteroatoms. The number of guanidine groups is 1. The van der Waals surface area contributed by atoms with Crippen molar-refractivity contribution in [3.05, 3.63) is 0 Å². The second-order valence-electron chi connectivity index (χ2n) is 8.47. The summed E-state index contributed by atoms with van der Waals surface area (Å²) in [6.07, 6.45) is 12.9. The Morgan fingerprint density at radius 3 is 2.14 bits per heavy atom. The molecule has 0 bridgehead atoms. The van der Waals surface area contributed by atoms with Gasteiger partial charge < -0.3 is 15.5 Å². The minimum atomic E-state index is 0. The summed E-state index contributed by atoms with van der Waals surface area (Å²) in [6.45, 7) is 8.38. The van der Waals surface area contributed by atoms with Crippen LogP contribution in [0.1, 0.15) is 71.1 Å². The van der Waals surface area contributed by atoms with Gasteiger partial charge in [-0.1, -0.05) is 25.7 Å². The maximum atomic E-state index is 12.3. The maximum Gasteiger partial charge on any atom is 0.244 e. The molecule has 0 spiro atoms. The number of nitrogens with zero attached hydrogens (tertiary/aromatic N) is 3. The Kier molecular flexibility index (Phi) is 10.3. The normalized spacial score (nSPS) is 23.2. The van der Waals surface area contributed by atoms with Gasteiger partial charge in [0.2, 0.25) is 5.91 Å². The maximum absolute atomic E-state index is 12.3. The van der Waals surface area contributed by atoms with Crippen LogP contribution in [0.3, 0.4) is 0 Å². The summed E-state index contributed by atoms with van der Waals surface area (Å²) in [5.74, 6) is 0.958. The van der Waals surface area contributed by atoms with Crippen molar-refractivity contribution in [3.63, 3.8) is 0 Å². The van der Waals surface area contributed by atoms with E-state index in [9.17, 15) is 4.79 Å². The summed E-state index contributed by atoms with van der Waals surface area (Å²) in [7, 11) is 0. The van der Waals surface area contributed by atoms with E-state index in [2.05, 4.69) is 27.4 Å². The van der Waals surface area contributed by atoms with Crippen molar-refractivity contribution in [2.45, 2.75) is 76.7 Å². The molecule has 0 aromatic heterocycles. The van der Waals surface area contributed by atoms with E-state index in [0.29, 0.717) is 0 Å². The first-order chi connectivity index (χ1) is 13.2. The molecule has 6 nitrogen and oxygen atoms in total. The first kappa shape index (κ1) is 23.7. The van der Waals surface area contributed by atoms with Gasteiger partial charge in [0, 0.05) is 31.7 Å². The lowest BCUT2D eigenvalue weighted by Gasteiger charge is -2.48. The van der Waals surface area contributed by atoms with E-state index in [-0.39, 0.29) is 42.0 Å². The lowest BCUT2D eigenvalue weighted by Crippen LogP contribution is -2.59. The van der Waals surface area contributed by atoms with Crippen LogP contribution in [-0.4, -0.2) is 73.0 Å². The second kappa shape index (κ2) is 12.2. The highest BCUT2D eigenvalue weighted by atomic mass is 127. The molecule has 1 saturated carbocycles. The highest BCUT2D eigenvalue weighted by Crippen LogP contribution is 2.35. The van der Waals surface area contributed by atoms with Gasteiger partial charge >= 0.3 is 0 Å². The molecule has 2 heterocycles. The topological polar surface area (TPSA) is 60.0 Å². The van der Waals surface area contributed by atoms with Crippen LogP contribution < -0.4 is 10.6 Å². The van der Waals surface area contributed by atoms with Gasteiger partial charge in [-0.25, -0.2) is 4.99 Å². The van der Waals surface area contributed by atoms with Crippen molar-refractivity contribution < 1.29 is 4.79 Å². The van der Waals surface area contributed by atoms with Gasteiger partial charge in [-0.15, -0.1) is 24.0 Å². The molecular weight excluding hydrogens is 465 g/mol. The average molecular weight is 505 g/mol. The number of likely N-dealkylation sites (tertiary alicyclic amines) is 2. The number of hydrogen-bond donors (Lipinski definition) is 2. The Bertz CT molecular complexity index is 495. The van der Waals surface area contributed by atoms with E-state index in [1.165, 1.54) is 64.5 Å². The lowest BCUT2D eigenvalue weighted by molar-refractivity contribution is -0.128. The molecule has 0 aromatic carbocycles. The summed E-state index contributed by atoms with van der Waals surface area (Å²) in [5.41, 5.74) is 0.272. The predicted octanol–water partition coefficient (Wildman–Crippen LogP) is 2.97. The first-order valence-electron chi connectivity index (χ1n) is 11.3. The monoisotopic (exact) mass is 505 g/mol. The minimum absolute atomic E-state index is 0. The zero-order valence-corrected chi connectivity index (χ0v) is 20.0. The molecule has 0 aromatic rings. The van der Waals surface area contributed by atoms with Crippen LogP contribution >= 0.6 is 24.0 Å². The van der Waals surface area contributed by atoms with Crippen LogP contribution in [0.15, 0.2) is 4.99 Å². The molecule has 3 rings (SSSR count). The number of hydrogen-bond acceptors (Lipinski definition) is 3. The molecular formula is C21H40IN5O. The summed E-state index contributed by atoms with van der Waals surface area (Å²) >= 11 is 0. The van der Waals surface area contributed by atoms with Gasteiger partial charge in [0.1, 0.15) is 6.54 Å². The Morgan fingerprint density at radius 2 is 1.50 bits per heavy atom. The quantitative estimate of drug-likeness (QED) is 0.331. The molecule has 0 unspecified atom stereocenters. The molecule has 0 atom stereocenters. The fourth-order valence-electron chi connectivity index (χ4n) is 4.99. The van der Waals surface area contributed by atoms with Crippen molar-refractivity contribution in [2.75, 3.05) is 45.8 Å². The van der Waals surface area contributed by atoms with E-state index in [1.54, 1.807) is 0 Å². The summed E-state index contributed by atoms with van der Waals surface area (Å²) < 4.78 is 0. The number of piperidine rings is 1. The number of nitrogens with one attached hydrogen (secondary N) is 2. The zero-order chi connectivity index (χ0) is 19.0. The Labute approximate surface area is 188 Å². The Morgan fingerprint density at radius 1 is 0.893 bits per heavy atom. The smallest absolute Gasteiger partial charge is 0.244 e. The zero-order valence-electron chi connectivity index (χ0n) is 17.7. The van der Waals surface area contributed by atoms with Gasteiger partial charge in [-0.05, 0) is 58.5 Å². The number of carbonyl (C=O) groups excluding carboxylic acids is 1. The van der Waals surface area contributed by atoms with Crippen molar-refractivity contribution >= 4 is 35.8 Å². The third kappa shape index (κ3) is 6.47. The van der Waals surface area contributed by atoms with Crippen LogP contribution in [0.5, 0.6) is 0 Å². The second-order valence-corrected chi connectivity index (χ2v) is 8.47. The number of aliphatic imine (C=N–C) groups is 1. The standard InChI is InChI=1S/C21H39N5O.HI/c1-2-22-20(23-17-19(27)25-13-9-10-14-25)24-18-21(11-5-3-6-12-21)26-15-7-4-8-16-26;/h2-18H2,1H3,(H2,22,23,24);1H. The SMILES string of the molecule is CCNC(=NCC(=O)N1CCCC1)NCC1(N2CCCCC2)CCCCC1.I. The average Bonchev–Trinajstić information content (AvgIpc) is 3.26. The molecule has 2 aliphatic heterocycles. The van der Waals surface area contributed by atoms with E-state index in [4.69, 9.17) is 0 Å². The first-order valence-corrected chi connectivity index (χ1v) is 11.3. The van der Waals surface area contributed by atoms with Crippen LogP contribution in [-0.2, 0) is 4.79 Å². The number of carbonyl (C=O) groups is 1. The number of halogens is 1. The molecule has 162 valence electrons. The minimum Gasteiger partial charge on any atom is -0.357 e. The molecule has 28 heavy (non-hydrogen) atoms. The van der Waals surface area contributed by atoms with E-state index >= 15 is 0 Å². The van der Waals surface area contributed by atoms with Crippen molar-refractivity contribution in [1.29, 1.82) is 0 Å². The molecule has 1 aliphatic carbocycles. The van der Waals surface area contributed by atoms with Crippen LogP contribution in [0.4, 0.5) is 0 Å². The van der Waals surface area contributed by atoms with E-state index in [1.807, 2.05) is 4.90 Å². The van der Waals surface area contributed by atoms with Crippen molar-refractivity contribution in [1.82, 2.24) is 20.4 Å². The highest BCUT2D eigenvalue weighted by molar-refractivity contribution is 14.0. The van der Waals surface area contributed by atoms with Gasteiger partial charge in [0.15, 0.2) is 5.96 Å². The van der Waals surface area contributed by atoms with Crippen LogP contribution in [0, 0.1) is 0 Å². The molecule has 1 amide bonds. The third-order valence-electron chi connectivity index (χ3n) is 6.57. The Balaban J connectivity index is 0.00000280. The highest BCUT2D eigenvalue weighted by Gasteiger charge is 2.38. The van der Waals surface area contributed by atoms with E-state index in [0.717, 1.165) is 45.0 Å². The summed E-state index contributed by atoms with van der Waals surface area (Å²) in [6, 6.07) is 0. The van der Waals surface area contributed by atoms with Gasteiger partial charge in [-0.2, -0.15) is 0 Å². The molecule has 3 fully saturated rings. The molecule has 2 N–H and O–H groups in total. The number of amides is 1. The van der Waals surface area contributed by atoms with Gasteiger partial charge in [0.05, 0.1) is 0 Å². The van der Waals surface area contributed by atoms with Gasteiger partial charge in [-0.3, -0.25) is 9.69 Å². The largest absolute Gasteiger partial charge is 0.357 e. The Hall–Kier alpha value is -0.570. The van der Waals surface area contributed by atoms with Crippen molar-refractivity contribution in [2.24, 2.45) is 4.99 Å². The lowest BCUT2D eigenvalue weighted by atomic mass is 9.79. The van der Waals surface area contributed by atoms with E-state index < -0.39 is 0 Å². The van der Waals surface area contributed by atoms with Crippen molar-refractivity contribution in [3.8, 4) is 0 Å². The third-order valence-corrected chi connectivity index (χ3v) is 6.57. The predicted molar refractivity (Wildman–Crippen MR) is 126 cm³/mol. The fourth-order valence-corrected chi connectivity index (χ4v) is 4.99.